The molecular weight excluding hydrogens is 319 g/mol. The maximum Gasteiger partial charge on any atom is 0.494 e. The molecule has 1 aromatic carbocycles. The molecule has 0 radical (unpaired) electrons. The summed E-state index contributed by atoms with van der Waals surface area (Å²) in [7, 11) is -0.355. The number of rotatable bonds is 3. The minimum atomic E-state index is -0.355. The number of aromatic nitrogens is 1. The fraction of sp³-hybridized carbons (Fsp3) is 0.333. The molecule has 0 saturated carbocycles. The summed E-state index contributed by atoms with van der Waals surface area (Å²) < 4.78 is 12.1. The van der Waals surface area contributed by atoms with Crippen LogP contribution in [0, 0.1) is 0 Å². The van der Waals surface area contributed by atoms with E-state index in [-0.39, 0.29) is 18.3 Å². The minimum absolute atomic E-state index is 0.338. The Bertz CT molecular complexity index is 716. The SMILES string of the molecule is CC1(C)OB(c2ccc(NC(=S)c3ccccn3)cc2)OC1(C)C. The van der Waals surface area contributed by atoms with E-state index in [1.807, 2.05) is 70.2 Å². The van der Waals surface area contributed by atoms with Crippen LogP contribution in [0.1, 0.15) is 33.4 Å². The van der Waals surface area contributed by atoms with Gasteiger partial charge >= 0.3 is 7.12 Å². The van der Waals surface area contributed by atoms with Crippen molar-refractivity contribution in [1.82, 2.24) is 4.98 Å². The van der Waals surface area contributed by atoms with E-state index in [1.165, 1.54) is 0 Å². The average Bonchev–Trinajstić information content (AvgIpc) is 2.77. The van der Waals surface area contributed by atoms with Crippen LogP contribution in [0.25, 0.3) is 0 Å². The van der Waals surface area contributed by atoms with Crippen molar-refractivity contribution in [2.75, 3.05) is 5.32 Å². The smallest absolute Gasteiger partial charge is 0.399 e. The van der Waals surface area contributed by atoms with Crippen molar-refractivity contribution < 1.29 is 9.31 Å². The molecule has 0 amide bonds. The third kappa shape index (κ3) is 3.36. The molecule has 1 aliphatic rings. The third-order valence-corrected chi connectivity index (χ3v) is 4.90. The molecule has 124 valence electrons. The highest BCUT2D eigenvalue weighted by Gasteiger charge is 2.51. The van der Waals surface area contributed by atoms with Crippen molar-refractivity contribution in [3.05, 3.63) is 54.4 Å². The second-order valence-corrected chi connectivity index (χ2v) is 7.29. The molecule has 2 aromatic rings. The third-order valence-electron chi connectivity index (χ3n) is 4.59. The Hall–Kier alpha value is -1.76. The normalized spacial score (nSPS) is 18.4. The lowest BCUT2D eigenvalue weighted by molar-refractivity contribution is 0.00578. The van der Waals surface area contributed by atoms with Crippen LogP contribution in [-0.2, 0) is 9.31 Å². The molecule has 1 N–H and O–H groups in total. The highest BCUT2D eigenvalue weighted by molar-refractivity contribution is 7.81. The van der Waals surface area contributed by atoms with Crippen LogP contribution in [0.4, 0.5) is 5.69 Å². The number of hydrogen-bond acceptors (Lipinski definition) is 4. The van der Waals surface area contributed by atoms with Crippen LogP contribution in [0.3, 0.4) is 0 Å². The van der Waals surface area contributed by atoms with Gasteiger partial charge in [0.25, 0.3) is 0 Å². The zero-order chi connectivity index (χ0) is 17.4. The molecule has 3 rings (SSSR count). The van der Waals surface area contributed by atoms with Crippen LogP contribution < -0.4 is 10.8 Å². The van der Waals surface area contributed by atoms with Gasteiger partial charge in [-0.15, -0.1) is 0 Å². The largest absolute Gasteiger partial charge is 0.494 e. The number of pyridine rings is 1. The Morgan fingerprint density at radius 2 is 1.62 bits per heavy atom. The van der Waals surface area contributed by atoms with Gasteiger partial charge in [0.2, 0.25) is 0 Å². The lowest BCUT2D eigenvalue weighted by Crippen LogP contribution is -2.41. The maximum absolute atomic E-state index is 6.06. The van der Waals surface area contributed by atoms with Crippen molar-refractivity contribution >= 4 is 35.5 Å². The van der Waals surface area contributed by atoms with E-state index < -0.39 is 0 Å². The van der Waals surface area contributed by atoms with Gasteiger partial charge in [0.05, 0.1) is 16.9 Å². The molecule has 0 spiro atoms. The van der Waals surface area contributed by atoms with E-state index in [0.29, 0.717) is 4.99 Å². The number of benzene rings is 1. The van der Waals surface area contributed by atoms with Crippen molar-refractivity contribution in [2.45, 2.75) is 38.9 Å². The molecule has 1 saturated heterocycles. The standard InChI is InChI=1S/C18H21BN2O2S/c1-17(2)18(3,4)23-19(22-17)13-8-10-14(11-9-13)21-16(24)15-7-5-6-12-20-15/h5-12H,1-4H3,(H,21,24). The monoisotopic (exact) mass is 340 g/mol. The number of nitrogens with one attached hydrogen (secondary N) is 1. The Labute approximate surface area is 148 Å². The van der Waals surface area contributed by atoms with Crippen LogP contribution >= 0.6 is 12.2 Å². The fourth-order valence-corrected chi connectivity index (χ4v) is 2.63. The summed E-state index contributed by atoms with van der Waals surface area (Å²) in [5.74, 6) is 0. The lowest BCUT2D eigenvalue weighted by Gasteiger charge is -2.32. The summed E-state index contributed by atoms with van der Waals surface area (Å²) in [5, 5.41) is 3.20. The van der Waals surface area contributed by atoms with Gasteiger partial charge in [-0.1, -0.05) is 30.4 Å². The van der Waals surface area contributed by atoms with Gasteiger partial charge in [0, 0.05) is 11.9 Å². The molecule has 0 unspecified atom stereocenters. The van der Waals surface area contributed by atoms with Crippen molar-refractivity contribution in [2.24, 2.45) is 0 Å². The molecule has 1 aromatic heterocycles. The van der Waals surface area contributed by atoms with Crippen molar-refractivity contribution in [3.63, 3.8) is 0 Å². The predicted octanol–water partition coefficient (Wildman–Crippen LogP) is 3.17. The summed E-state index contributed by atoms with van der Waals surface area (Å²) in [6.07, 6.45) is 1.73. The quantitative estimate of drug-likeness (QED) is 0.687. The van der Waals surface area contributed by atoms with Crippen molar-refractivity contribution in [3.8, 4) is 0 Å². The number of thiocarbonyl (C=S) groups is 1. The van der Waals surface area contributed by atoms with Crippen LogP contribution in [0.5, 0.6) is 0 Å². The Balaban J connectivity index is 1.70. The first-order valence-corrected chi connectivity index (χ1v) is 8.37. The van der Waals surface area contributed by atoms with Crippen LogP contribution in [-0.4, -0.2) is 28.3 Å². The van der Waals surface area contributed by atoms with E-state index in [0.717, 1.165) is 16.8 Å². The Morgan fingerprint density at radius 3 is 2.17 bits per heavy atom. The molecule has 24 heavy (non-hydrogen) atoms. The molecule has 6 heteroatoms. The molecule has 1 fully saturated rings. The summed E-state index contributed by atoms with van der Waals surface area (Å²) in [6, 6.07) is 13.6. The van der Waals surface area contributed by atoms with Gasteiger partial charge in [0.1, 0.15) is 4.99 Å². The Morgan fingerprint density at radius 1 is 1.00 bits per heavy atom. The van der Waals surface area contributed by atoms with Crippen LogP contribution in [0.2, 0.25) is 0 Å². The van der Waals surface area contributed by atoms with E-state index >= 15 is 0 Å². The molecule has 0 bridgehead atoms. The number of hydrogen-bond donors (Lipinski definition) is 1. The first-order valence-electron chi connectivity index (χ1n) is 7.96. The van der Waals surface area contributed by atoms with Crippen molar-refractivity contribution in [1.29, 1.82) is 0 Å². The maximum atomic E-state index is 6.06. The first-order chi connectivity index (χ1) is 11.3. The summed E-state index contributed by atoms with van der Waals surface area (Å²) in [5.41, 5.74) is 1.97. The van der Waals surface area contributed by atoms with Gasteiger partial charge in [-0.05, 0) is 57.4 Å². The summed E-state index contributed by atoms with van der Waals surface area (Å²) in [4.78, 5) is 4.84. The van der Waals surface area contributed by atoms with Gasteiger partial charge in [0.15, 0.2) is 0 Å². The lowest BCUT2D eigenvalue weighted by atomic mass is 9.79. The highest BCUT2D eigenvalue weighted by Crippen LogP contribution is 2.36. The van der Waals surface area contributed by atoms with E-state index in [9.17, 15) is 0 Å². The second kappa shape index (κ2) is 6.28. The molecule has 1 aliphatic heterocycles. The fourth-order valence-electron chi connectivity index (χ4n) is 2.39. The zero-order valence-electron chi connectivity index (χ0n) is 14.4. The molecule has 0 aliphatic carbocycles. The average molecular weight is 340 g/mol. The molecule has 2 heterocycles. The number of anilines is 1. The van der Waals surface area contributed by atoms with Gasteiger partial charge in [-0.2, -0.15) is 0 Å². The number of nitrogens with zero attached hydrogens (tertiary/aromatic N) is 1. The second-order valence-electron chi connectivity index (χ2n) is 6.88. The van der Waals surface area contributed by atoms with Gasteiger partial charge in [-0.3, -0.25) is 4.98 Å². The summed E-state index contributed by atoms with van der Waals surface area (Å²) in [6.45, 7) is 8.20. The minimum Gasteiger partial charge on any atom is -0.399 e. The first kappa shape index (κ1) is 17.1. The van der Waals surface area contributed by atoms with Gasteiger partial charge < -0.3 is 14.6 Å². The van der Waals surface area contributed by atoms with E-state index in [1.54, 1.807) is 6.20 Å². The Kier molecular flexibility index (Phi) is 4.47. The summed E-state index contributed by atoms with van der Waals surface area (Å²) >= 11 is 5.38. The topological polar surface area (TPSA) is 43.4 Å². The van der Waals surface area contributed by atoms with E-state index in [4.69, 9.17) is 21.5 Å². The van der Waals surface area contributed by atoms with Gasteiger partial charge in [-0.25, -0.2) is 0 Å². The molecule has 0 atom stereocenters. The van der Waals surface area contributed by atoms with E-state index in [2.05, 4.69) is 10.3 Å². The highest BCUT2D eigenvalue weighted by atomic mass is 32.1. The molecular formula is C18H21BN2O2S. The van der Waals surface area contributed by atoms with Crippen LogP contribution in [0.15, 0.2) is 48.7 Å². The zero-order valence-corrected chi connectivity index (χ0v) is 15.2. The molecule has 4 nitrogen and oxygen atoms in total. The predicted molar refractivity (Wildman–Crippen MR) is 102 cm³/mol.